The monoisotopic (exact) mass is 513 g/mol. The third kappa shape index (κ3) is 5.51. The van der Waals surface area contributed by atoms with Gasteiger partial charge in [-0.15, -0.1) is 10.2 Å². The van der Waals surface area contributed by atoms with Crippen molar-refractivity contribution in [3.8, 4) is 28.6 Å². The van der Waals surface area contributed by atoms with E-state index >= 15 is 0 Å². The number of methoxy groups -OCH3 is 2. The maximum absolute atomic E-state index is 5.56. The third-order valence-corrected chi connectivity index (χ3v) is 6.86. The second-order valence-corrected chi connectivity index (χ2v) is 9.23. The molecule has 0 aliphatic rings. The van der Waals surface area contributed by atoms with E-state index in [0.29, 0.717) is 41.0 Å². The van der Waals surface area contributed by atoms with Crippen molar-refractivity contribution in [1.29, 1.82) is 0 Å². The zero-order valence-electron chi connectivity index (χ0n) is 20.9. The van der Waals surface area contributed by atoms with Crippen LogP contribution < -0.4 is 9.47 Å². The number of aromatic nitrogens is 5. The fourth-order valence-corrected chi connectivity index (χ4v) is 4.77. The van der Waals surface area contributed by atoms with Crippen molar-refractivity contribution in [2.45, 2.75) is 30.7 Å². The summed E-state index contributed by atoms with van der Waals surface area (Å²) in [5.74, 6) is 3.55. The lowest BCUT2D eigenvalue weighted by Gasteiger charge is -2.11. The molecule has 2 heterocycles. The zero-order chi connectivity index (χ0) is 25.6. The van der Waals surface area contributed by atoms with Crippen molar-refractivity contribution in [1.82, 2.24) is 24.9 Å². The Morgan fingerprint density at radius 1 is 0.892 bits per heavy atom. The van der Waals surface area contributed by atoms with Crippen molar-refractivity contribution in [3.05, 3.63) is 95.6 Å². The number of benzene rings is 3. The van der Waals surface area contributed by atoms with Crippen molar-refractivity contribution in [3.63, 3.8) is 0 Å². The number of aryl methyl sites for hydroxylation is 1. The Kier molecular flexibility index (Phi) is 7.51. The van der Waals surface area contributed by atoms with Crippen LogP contribution in [0.5, 0.6) is 11.5 Å². The van der Waals surface area contributed by atoms with Gasteiger partial charge in [0.2, 0.25) is 11.7 Å². The summed E-state index contributed by atoms with van der Waals surface area (Å²) in [7, 11) is 3.22. The Bertz CT molecular complexity index is 1470. The van der Waals surface area contributed by atoms with Crippen LogP contribution in [-0.4, -0.2) is 39.1 Å². The number of ether oxygens (including phenoxy) is 2. The summed E-state index contributed by atoms with van der Waals surface area (Å²) in [6.07, 6.45) is 1.66. The van der Waals surface area contributed by atoms with E-state index in [1.165, 1.54) is 22.9 Å². The van der Waals surface area contributed by atoms with Gasteiger partial charge in [0.25, 0.3) is 0 Å². The number of thioether (sulfide) groups is 1. The summed E-state index contributed by atoms with van der Waals surface area (Å²) in [6.45, 7) is 2.15. The highest BCUT2D eigenvalue weighted by Crippen LogP contribution is 2.32. The molecule has 0 bridgehead atoms. The highest BCUT2D eigenvalue weighted by Gasteiger charge is 2.18. The molecular weight excluding hydrogens is 486 g/mol. The highest BCUT2D eigenvalue weighted by atomic mass is 32.2. The topological polar surface area (TPSA) is 88.1 Å². The summed E-state index contributed by atoms with van der Waals surface area (Å²) < 4.78 is 18.5. The van der Waals surface area contributed by atoms with Gasteiger partial charge in [-0.3, -0.25) is 4.57 Å². The smallest absolute Gasteiger partial charge is 0.237 e. The second-order valence-electron chi connectivity index (χ2n) is 8.28. The van der Waals surface area contributed by atoms with E-state index in [2.05, 4.69) is 68.2 Å². The maximum Gasteiger partial charge on any atom is 0.237 e. The fraction of sp³-hybridized carbons (Fsp3) is 0.214. The maximum atomic E-state index is 5.56. The van der Waals surface area contributed by atoms with Gasteiger partial charge < -0.3 is 14.0 Å². The number of hydrogen-bond acceptors (Lipinski definition) is 8. The average molecular weight is 514 g/mol. The normalized spacial score (nSPS) is 11.0. The quantitative estimate of drug-likeness (QED) is 0.217. The summed E-state index contributed by atoms with van der Waals surface area (Å²) in [5, 5.41) is 14.0. The molecule has 0 N–H and O–H groups in total. The van der Waals surface area contributed by atoms with Gasteiger partial charge in [0.05, 0.1) is 25.5 Å². The van der Waals surface area contributed by atoms with Crippen LogP contribution in [0, 0.1) is 0 Å². The number of nitrogens with zero attached hydrogens (tertiary/aromatic N) is 5. The van der Waals surface area contributed by atoms with E-state index in [-0.39, 0.29) is 0 Å². The van der Waals surface area contributed by atoms with E-state index in [1.807, 2.05) is 36.4 Å². The van der Waals surface area contributed by atoms with Gasteiger partial charge in [-0.25, -0.2) is 0 Å². The molecule has 0 amide bonds. The Labute approximate surface area is 219 Å². The van der Waals surface area contributed by atoms with Crippen molar-refractivity contribution >= 4 is 11.8 Å². The first-order valence-corrected chi connectivity index (χ1v) is 12.9. The Morgan fingerprint density at radius 3 is 2.43 bits per heavy atom. The molecule has 0 saturated carbocycles. The van der Waals surface area contributed by atoms with Gasteiger partial charge in [-0.05, 0) is 47.9 Å². The van der Waals surface area contributed by atoms with Crippen LogP contribution in [0.15, 0.2) is 82.5 Å². The molecule has 37 heavy (non-hydrogen) atoms. The minimum absolute atomic E-state index is 0.438. The van der Waals surface area contributed by atoms with Crippen LogP contribution >= 0.6 is 11.8 Å². The first-order chi connectivity index (χ1) is 18.2. The predicted octanol–water partition coefficient (Wildman–Crippen LogP) is 5.78. The fourth-order valence-electron chi connectivity index (χ4n) is 3.96. The molecule has 3 aromatic carbocycles. The molecule has 0 spiro atoms. The lowest BCUT2D eigenvalue weighted by atomic mass is 10.1. The SMILES string of the molecule is CCc1ccc(-n2c(Cc3ccccc3)nnc2SCc2nc(-c3cc(OC)ccc3OC)no2)cc1. The van der Waals surface area contributed by atoms with Crippen LogP contribution in [0.2, 0.25) is 0 Å². The molecule has 8 nitrogen and oxygen atoms in total. The minimum Gasteiger partial charge on any atom is -0.497 e. The predicted molar refractivity (Wildman–Crippen MR) is 142 cm³/mol. The van der Waals surface area contributed by atoms with Crippen LogP contribution in [0.1, 0.15) is 29.8 Å². The van der Waals surface area contributed by atoms with Gasteiger partial charge in [-0.2, -0.15) is 4.98 Å². The average Bonchev–Trinajstić information content (AvgIpc) is 3.59. The first kappa shape index (κ1) is 24.6. The molecule has 2 aromatic heterocycles. The number of hydrogen-bond donors (Lipinski definition) is 0. The van der Waals surface area contributed by atoms with Crippen LogP contribution in [0.25, 0.3) is 17.1 Å². The lowest BCUT2D eigenvalue weighted by Crippen LogP contribution is -2.04. The van der Waals surface area contributed by atoms with Crippen LogP contribution in [-0.2, 0) is 18.6 Å². The van der Waals surface area contributed by atoms with Gasteiger partial charge in [0, 0.05) is 12.1 Å². The summed E-state index contributed by atoms with van der Waals surface area (Å²) in [4.78, 5) is 4.59. The summed E-state index contributed by atoms with van der Waals surface area (Å²) in [5.41, 5.74) is 4.17. The third-order valence-electron chi connectivity index (χ3n) is 5.95. The largest absolute Gasteiger partial charge is 0.497 e. The van der Waals surface area contributed by atoms with Crippen molar-refractivity contribution in [2.75, 3.05) is 14.2 Å². The first-order valence-electron chi connectivity index (χ1n) is 11.9. The van der Waals surface area contributed by atoms with Crippen LogP contribution in [0.4, 0.5) is 0 Å². The van der Waals surface area contributed by atoms with Gasteiger partial charge in [0.15, 0.2) is 5.16 Å². The molecule has 0 aliphatic carbocycles. The molecule has 0 unspecified atom stereocenters. The van der Waals surface area contributed by atoms with E-state index in [9.17, 15) is 0 Å². The molecule has 5 aromatic rings. The molecule has 0 aliphatic heterocycles. The zero-order valence-corrected chi connectivity index (χ0v) is 21.7. The molecular formula is C28H27N5O3S. The summed E-state index contributed by atoms with van der Waals surface area (Å²) in [6, 6.07) is 24.2. The number of rotatable bonds is 10. The molecule has 0 saturated heterocycles. The van der Waals surface area contributed by atoms with Gasteiger partial charge >= 0.3 is 0 Å². The molecule has 188 valence electrons. The van der Waals surface area contributed by atoms with Gasteiger partial charge in [0.1, 0.15) is 17.3 Å². The molecule has 0 fully saturated rings. The Hall–Kier alpha value is -4.11. The van der Waals surface area contributed by atoms with Crippen molar-refractivity contribution in [2.24, 2.45) is 0 Å². The lowest BCUT2D eigenvalue weighted by molar-refractivity contribution is 0.389. The van der Waals surface area contributed by atoms with Crippen molar-refractivity contribution < 1.29 is 14.0 Å². The van der Waals surface area contributed by atoms with Gasteiger partial charge in [-0.1, -0.05) is 66.3 Å². The second kappa shape index (κ2) is 11.3. The molecule has 9 heteroatoms. The Morgan fingerprint density at radius 2 is 1.70 bits per heavy atom. The standard InChI is InChI=1S/C28H27N5O3S/c1-4-19-10-12-21(13-11-19)33-25(16-20-8-6-5-7-9-20)30-31-28(33)37-18-26-29-27(32-36-26)23-17-22(34-2)14-15-24(23)35-3/h5-15,17H,4,16,18H2,1-3H3. The van der Waals surface area contributed by atoms with E-state index < -0.39 is 0 Å². The molecule has 5 rings (SSSR count). The van der Waals surface area contributed by atoms with E-state index in [4.69, 9.17) is 14.0 Å². The van der Waals surface area contributed by atoms with E-state index in [1.54, 1.807) is 14.2 Å². The van der Waals surface area contributed by atoms with E-state index in [0.717, 1.165) is 23.1 Å². The molecule has 0 atom stereocenters. The Balaban J connectivity index is 1.41. The summed E-state index contributed by atoms with van der Waals surface area (Å²) >= 11 is 1.50. The molecule has 0 radical (unpaired) electrons. The highest BCUT2D eigenvalue weighted by molar-refractivity contribution is 7.98. The van der Waals surface area contributed by atoms with Crippen LogP contribution in [0.3, 0.4) is 0 Å². The minimum atomic E-state index is 0.438.